The minimum atomic E-state index is -0.923. The molecule has 9 nitrogen and oxygen atoms in total. The van der Waals surface area contributed by atoms with E-state index < -0.39 is 24.4 Å². The summed E-state index contributed by atoms with van der Waals surface area (Å²) >= 11 is 0. The Balaban J connectivity index is 1.77. The molecule has 0 radical (unpaired) electrons. The number of nitrogens with zero attached hydrogens (tertiary/aromatic N) is 3. The fourth-order valence-corrected chi connectivity index (χ4v) is 1.99. The number of imidazole rings is 1. The number of aromatic amines is 1. The van der Waals surface area contributed by atoms with Gasteiger partial charge in [-0.1, -0.05) is 5.16 Å². The molecule has 0 unspecified atom stereocenters. The van der Waals surface area contributed by atoms with Crippen LogP contribution in [0.25, 0.3) is 11.5 Å². The molecule has 2 heterocycles. The number of nitrogens with one attached hydrogen (secondary N) is 2. The van der Waals surface area contributed by atoms with Crippen LogP contribution < -0.4 is 11.1 Å². The van der Waals surface area contributed by atoms with E-state index in [0.717, 1.165) is 12.1 Å². The summed E-state index contributed by atoms with van der Waals surface area (Å²) in [7, 11) is 0. The molecular formula is C14H13FN6O3. The second kappa shape index (κ2) is 6.46. The monoisotopic (exact) mass is 332 g/mol. The summed E-state index contributed by atoms with van der Waals surface area (Å²) in [6, 6.07) is 4.05. The first kappa shape index (κ1) is 15.6. The number of rotatable bonds is 5. The van der Waals surface area contributed by atoms with Crippen LogP contribution in [0.3, 0.4) is 0 Å². The van der Waals surface area contributed by atoms with Crippen LogP contribution in [0.2, 0.25) is 0 Å². The molecule has 0 aliphatic carbocycles. The van der Waals surface area contributed by atoms with Crippen LogP contribution in [0.1, 0.15) is 22.3 Å². The van der Waals surface area contributed by atoms with E-state index in [1.54, 1.807) is 0 Å². The molecule has 10 heteroatoms. The summed E-state index contributed by atoms with van der Waals surface area (Å²) in [4.78, 5) is 22.8. The van der Waals surface area contributed by atoms with Crippen molar-refractivity contribution >= 4 is 11.7 Å². The van der Waals surface area contributed by atoms with Gasteiger partial charge in [0.1, 0.15) is 17.6 Å². The van der Waals surface area contributed by atoms with Crippen LogP contribution in [0.15, 0.2) is 35.1 Å². The molecule has 5 N–H and O–H groups in total. The SMILES string of the molecule is Nc1nc[nH]c1-c1noc([C@H](CO)NC(=O)c2ccc(F)cc2)n1. The highest BCUT2D eigenvalue weighted by Gasteiger charge is 2.22. The standard InChI is InChI=1S/C14H13FN6O3/c15-8-3-1-7(2-4-8)13(23)19-9(5-22)14-20-12(21-24-14)10-11(16)18-6-17-10/h1-4,6,9,22H,5,16H2,(H,17,18)(H,19,23)/t9-/m0/s1. The second-order valence-electron chi connectivity index (χ2n) is 4.83. The number of benzene rings is 1. The Bertz CT molecular complexity index is 844. The van der Waals surface area contributed by atoms with Gasteiger partial charge in [0.15, 0.2) is 5.82 Å². The Morgan fingerprint density at radius 3 is 2.79 bits per heavy atom. The molecular weight excluding hydrogens is 319 g/mol. The van der Waals surface area contributed by atoms with Gasteiger partial charge in [0.05, 0.1) is 12.9 Å². The maximum Gasteiger partial charge on any atom is 0.251 e. The van der Waals surface area contributed by atoms with E-state index in [4.69, 9.17) is 10.3 Å². The third-order valence-electron chi connectivity index (χ3n) is 3.23. The Morgan fingerprint density at radius 2 is 2.17 bits per heavy atom. The van der Waals surface area contributed by atoms with Gasteiger partial charge >= 0.3 is 0 Å². The summed E-state index contributed by atoms with van der Waals surface area (Å²) in [5.74, 6) is -0.636. The number of carbonyl (C=O) groups excluding carboxylic acids is 1. The fraction of sp³-hybridized carbons (Fsp3) is 0.143. The van der Waals surface area contributed by atoms with Gasteiger partial charge in [0.25, 0.3) is 11.8 Å². The maximum atomic E-state index is 12.9. The molecule has 3 aromatic rings. The van der Waals surface area contributed by atoms with Crippen molar-refractivity contribution < 1.29 is 18.8 Å². The first-order chi connectivity index (χ1) is 11.6. The Kier molecular flexibility index (Phi) is 4.20. The average molecular weight is 332 g/mol. The minimum Gasteiger partial charge on any atom is -0.394 e. The molecule has 1 aromatic carbocycles. The van der Waals surface area contributed by atoms with Gasteiger partial charge in [-0.3, -0.25) is 4.79 Å². The molecule has 0 saturated heterocycles. The first-order valence-corrected chi connectivity index (χ1v) is 6.88. The summed E-state index contributed by atoms with van der Waals surface area (Å²) in [5.41, 5.74) is 6.24. The van der Waals surface area contributed by atoms with Gasteiger partial charge in [-0.25, -0.2) is 9.37 Å². The van der Waals surface area contributed by atoms with Crippen LogP contribution in [0.5, 0.6) is 0 Å². The van der Waals surface area contributed by atoms with Crippen molar-refractivity contribution in [2.75, 3.05) is 12.3 Å². The topological polar surface area (TPSA) is 143 Å². The van der Waals surface area contributed by atoms with Gasteiger partial charge in [0.2, 0.25) is 5.82 Å². The van der Waals surface area contributed by atoms with Crippen molar-refractivity contribution in [2.45, 2.75) is 6.04 Å². The number of nitrogen functional groups attached to an aromatic ring is 1. The van der Waals surface area contributed by atoms with Crippen LogP contribution in [-0.2, 0) is 0 Å². The van der Waals surface area contributed by atoms with E-state index in [2.05, 4.69) is 25.4 Å². The molecule has 0 fully saturated rings. The van der Waals surface area contributed by atoms with Crippen LogP contribution in [0.4, 0.5) is 10.2 Å². The molecule has 0 saturated carbocycles. The second-order valence-corrected chi connectivity index (χ2v) is 4.83. The van der Waals surface area contributed by atoms with E-state index in [0.29, 0.717) is 5.69 Å². The van der Waals surface area contributed by atoms with Crippen LogP contribution in [0, 0.1) is 5.82 Å². The normalized spacial score (nSPS) is 12.1. The van der Waals surface area contributed by atoms with E-state index in [1.807, 2.05) is 0 Å². The molecule has 0 spiro atoms. The van der Waals surface area contributed by atoms with Gasteiger partial charge in [-0.15, -0.1) is 0 Å². The average Bonchev–Trinajstić information content (AvgIpc) is 3.21. The quantitative estimate of drug-likeness (QED) is 0.537. The molecule has 0 aliphatic rings. The molecule has 0 bridgehead atoms. The first-order valence-electron chi connectivity index (χ1n) is 6.88. The highest BCUT2D eigenvalue weighted by atomic mass is 19.1. The largest absolute Gasteiger partial charge is 0.394 e. The van der Waals surface area contributed by atoms with Gasteiger partial charge < -0.3 is 25.7 Å². The zero-order valence-corrected chi connectivity index (χ0v) is 12.2. The lowest BCUT2D eigenvalue weighted by Gasteiger charge is -2.12. The maximum absolute atomic E-state index is 12.9. The minimum absolute atomic E-state index is 0.00281. The molecule has 2 aromatic heterocycles. The number of H-pyrrole nitrogens is 1. The predicted octanol–water partition coefficient (Wildman–Crippen LogP) is 0.644. The lowest BCUT2D eigenvalue weighted by atomic mass is 10.2. The highest BCUT2D eigenvalue weighted by Crippen LogP contribution is 2.21. The van der Waals surface area contributed by atoms with Gasteiger partial charge in [-0.2, -0.15) is 4.98 Å². The van der Waals surface area contributed by atoms with Crippen molar-refractivity contribution in [3.8, 4) is 11.5 Å². The number of aliphatic hydroxyl groups is 1. The molecule has 124 valence electrons. The van der Waals surface area contributed by atoms with E-state index >= 15 is 0 Å². The number of nitrogens with two attached hydrogens (primary N) is 1. The fourth-order valence-electron chi connectivity index (χ4n) is 1.99. The summed E-state index contributed by atoms with van der Waals surface area (Å²) in [5, 5.41) is 15.7. The molecule has 1 amide bonds. The number of hydrogen-bond donors (Lipinski definition) is 4. The van der Waals surface area contributed by atoms with Gasteiger partial charge in [-0.05, 0) is 24.3 Å². The summed E-state index contributed by atoms with van der Waals surface area (Å²) < 4.78 is 17.9. The molecule has 1 atom stereocenters. The number of aliphatic hydroxyl groups excluding tert-OH is 1. The third-order valence-corrected chi connectivity index (χ3v) is 3.23. The summed E-state index contributed by atoms with van der Waals surface area (Å²) in [6.07, 6.45) is 1.38. The molecule has 0 aliphatic heterocycles. The van der Waals surface area contributed by atoms with Crippen molar-refractivity contribution in [3.05, 3.63) is 47.9 Å². The van der Waals surface area contributed by atoms with Crippen LogP contribution >= 0.6 is 0 Å². The van der Waals surface area contributed by atoms with E-state index in [-0.39, 0.29) is 23.1 Å². The number of amides is 1. The number of carbonyl (C=O) groups is 1. The lowest BCUT2D eigenvalue weighted by Crippen LogP contribution is -2.31. The van der Waals surface area contributed by atoms with Crippen LogP contribution in [-0.4, -0.2) is 37.7 Å². The smallest absolute Gasteiger partial charge is 0.251 e. The highest BCUT2D eigenvalue weighted by molar-refractivity contribution is 5.94. The third kappa shape index (κ3) is 3.08. The Morgan fingerprint density at radius 1 is 1.42 bits per heavy atom. The molecule has 24 heavy (non-hydrogen) atoms. The van der Waals surface area contributed by atoms with Crippen molar-refractivity contribution in [2.24, 2.45) is 0 Å². The number of anilines is 1. The van der Waals surface area contributed by atoms with Crippen molar-refractivity contribution in [3.63, 3.8) is 0 Å². The van der Waals surface area contributed by atoms with Gasteiger partial charge in [0, 0.05) is 5.56 Å². The zero-order chi connectivity index (χ0) is 17.1. The Hall–Kier alpha value is -3.27. The molecule has 3 rings (SSSR count). The summed E-state index contributed by atoms with van der Waals surface area (Å²) in [6.45, 7) is -0.465. The Labute approximate surface area is 134 Å². The van der Waals surface area contributed by atoms with E-state index in [9.17, 15) is 14.3 Å². The number of aromatic nitrogens is 4. The number of halogens is 1. The number of hydrogen-bond acceptors (Lipinski definition) is 7. The van der Waals surface area contributed by atoms with E-state index in [1.165, 1.54) is 18.5 Å². The lowest BCUT2D eigenvalue weighted by molar-refractivity contribution is 0.0901. The van der Waals surface area contributed by atoms with Crippen molar-refractivity contribution in [1.82, 2.24) is 25.4 Å². The predicted molar refractivity (Wildman–Crippen MR) is 80.0 cm³/mol. The van der Waals surface area contributed by atoms with Crippen molar-refractivity contribution in [1.29, 1.82) is 0 Å². The zero-order valence-electron chi connectivity index (χ0n) is 12.2.